The van der Waals surface area contributed by atoms with E-state index in [1.807, 2.05) is 11.0 Å². The quantitative estimate of drug-likeness (QED) is 0.871. The molecular weight excluding hydrogens is 280 g/mol. The number of piperazine rings is 1. The Bertz CT molecular complexity index is 508. The molecule has 1 saturated carbocycles. The van der Waals surface area contributed by atoms with Crippen LogP contribution in [0, 0.1) is 0 Å². The monoisotopic (exact) mass is 306 g/mol. The van der Waals surface area contributed by atoms with Gasteiger partial charge < -0.3 is 10.0 Å². The van der Waals surface area contributed by atoms with Crippen LogP contribution in [0.1, 0.15) is 48.8 Å². The van der Waals surface area contributed by atoms with Gasteiger partial charge in [-0.2, -0.15) is 5.10 Å². The lowest BCUT2D eigenvalue weighted by molar-refractivity contribution is 0.0313. The molecule has 22 heavy (non-hydrogen) atoms. The van der Waals surface area contributed by atoms with Crippen LogP contribution in [0.15, 0.2) is 6.07 Å². The number of aromatic nitrogens is 2. The molecule has 1 aromatic rings. The summed E-state index contributed by atoms with van der Waals surface area (Å²) >= 11 is 0. The van der Waals surface area contributed by atoms with E-state index in [2.05, 4.69) is 22.0 Å². The molecule has 6 nitrogen and oxygen atoms in total. The number of aliphatic hydroxyl groups is 1. The van der Waals surface area contributed by atoms with Crippen LogP contribution in [0.4, 0.5) is 0 Å². The number of nitrogens with one attached hydrogen (secondary N) is 1. The summed E-state index contributed by atoms with van der Waals surface area (Å²) < 4.78 is 0. The van der Waals surface area contributed by atoms with Gasteiger partial charge in [0.05, 0.1) is 6.10 Å². The molecule has 0 radical (unpaired) electrons. The normalized spacial score (nSPS) is 26.5. The zero-order valence-electron chi connectivity index (χ0n) is 13.3. The SMILES string of the molecule is CCCc1cc(C(=O)N2CCN([C@H]3CCC[C@@H]3O)CC2)n[nH]1. The zero-order chi connectivity index (χ0) is 15.5. The Kier molecular flexibility index (Phi) is 4.78. The van der Waals surface area contributed by atoms with Gasteiger partial charge >= 0.3 is 0 Å². The number of aryl methyl sites for hydroxylation is 1. The Hall–Kier alpha value is -1.40. The first-order valence-electron chi connectivity index (χ1n) is 8.44. The lowest BCUT2D eigenvalue weighted by atomic mass is 10.1. The van der Waals surface area contributed by atoms with Crippen molar-refractivity contribution in [2.45, 2.75) is 51.2 Å². The highest BCUT2D eigenvalue weighted by atomic mass is 16.3. The summed E-state index contributed by atoms with van der Waals surface area (Å²) in [4.78, 5) is 16.7. The van der Waals surface area contributed by atoms with Gasteiger partial charge in [-0.05, 0) is 31.7 Å². The molecule has 2 fully saturated rings. The molecule has 2 aliphatic rings. The predicted octanol–water partition coefficient (Wildman–Crippen LogP) is 1.03. The van der Waals surface area contributed by atoms with Gasteiger partial charge in [0, 0.05) is 37.9 Å². The molecule has 0 unspecified atom stereocenters. The number of amides is 1. The van der Waals surface area contributed by atoms with Gasteiger partial charge in [-0.3, -0.25) is 14.8 Å². The first-order valence-corrected chi connectivity index (χ1v) is 8.44. The maximum atomic E-state index is 12.5. The number of rotatable bonds is 4. The first-order chi connectivity index (χ1) is 10.7. The van der Waals surface area contributed by atoms with E-state index in [-0.39, 0.29) is 12.0 Å². The molecule has 1 saturated heterocycles. The molecule has 6 heteroatoms. The minimum Gasteiger partial charge on any atom is -0.391 e. The molecular formula is C16H26N4O2. The molecule has 1 aliphatic carbocycles. The van der Waals surface area contributed by atoms with Gasteiger partial charge in [0.1, 0.15) is 5.69 Å². The van der Waals surface area contributed by atoms with Crippen LogP contribution in [0.25, 0.3) is 0 Å². The highest BCUT2D eigenvalue weighted by Crippen LogP contribution is 2.25. The molecule has 122 valence electrons. The Morgan fingerprint density at radius 2 is 2.14 bits per heavy atom. The number of nitrogens with zero attached hydrogens (tertiary/aromatic N) is 3. The molecule has 1 aromatic heterocycles. The minimum atomic E-state index is -0.190. The molecule has 0 aromatic carbocycles. The average molecular weight is 306 g/mol. The molecule has 1 aliphatic heterocycles. The lowest BCUT2D eigenvalue weighted by Gasteiger charge is -2.38. The van der Waals surface area contributed by atoms with Gasteiger partial charge in [-0.1, -0.05) is 13.3 Å². The van der Waals surface area contributed by atoms with Crippen LogP contribution in [0.3, 0.4) is 0 Å². The molecule has 0 bridgehead atoms. The third kappa shape index (κ3) is 3.17. The number of aliphatic hydroxyl groups excluding tert-OH is 1. The fraction of sp³-hybridized carbons (Fsp3) is 0.750. The summed E-state index contributed by atoms with van der Waals surface area (Å²) in [5.41, 5.74) is 1.55. The maximum Gasteiger partial charge on any atom is 0.274 e. The van der Waals surface area contributed by atoms with E-state index in [4.69, 9.17) is 0 Å². The number of hydrogen-bond donors (Lipinski definition) is 2. The first kappa shape index (κ1) is 15.5. The van der Waals surface area contributed by atoms with Crippen LogP contribution >= 0.6 is 0 Å². The van der Waals surface area contributed by atoms with Gasteiger partial charge in [-0.25, -0.2) is 0 Å². The van der Waals surface area contributed by atoms with Gasteiger partial charge in [0.2, 0.25) is 0 Å². The van der Waals surface area contributed by atoms with Crippen molar-refractivity contribution in [2.24, 2.45) is 0 Å². The predicted molar refractivity (Wildman–Crippen MR) is 83.7 cm³/mol. The van der Waals surface area contributed by atoms with Crippen molar-refractivity contribution in [3.63, 3.8) is 0 Å². The second-order valence-electron chi connectivity index (χ2n) is 6.42. The summed E-state index contributed by atoms with van der Waals surface area (Å²) in [6.07, 6.45) is 4.88. The second-order valence-corrected chi connectivity index (χ2v) is 6.42. The van der Waals surface area contributed by atoms with E-state index in [0.29, 0.717) is 11.7 Å². The Balaban J connectivity index is 1.55. The fourth-order valence-corrected chi connectivity index (χ4v) is 3.63. The van der Waals surface area contributed by atoms with Crippen molar-refractivity contribution in [1.29, 1.82) is 0 Å². The average Bonchev–Trinajstić information content (AvgIpc) is 3.16. The van der Waals surface area contributed by atoms with E-state index in [1.54, 1.807) is 0 Å². The highest BCUT2D eigenvalue weighted by Gasteiger charge is 2.33. The van der Waals surface area contributed by atoms with Crippen LogP contribution in [0.2, 0.25) is 0 Å². The van der Waals surface area contributed by atoms with E-state index in [9.17, 15) is 9.90 Å². The number of H-pyrrole nitrogens is 1. The standard InChI is InChI=1S/C16H26N4O2/c1-2-4-12-11-13(18-17-12)16(22)20-9-7-19(8-10-20)14-5-3-6-15(14)21/h11,14-15,21H,2-10H2,1H3,(H,17,18)/t14-,15-/m0/s1. The van der Waals surface area contributed by atoms with Crippen molar-refractivity contribution >= 4 is 5.91 Å². The highest BCUT2D eigenvalue weighted by molar-refractivity contribution is 5.92. The largest absolute Gasteiger partial charge is 0.391 e. The Labute approximate surface area is 131 Å². The lowest BCUT2D eigenvalue weighted by Crippen LogP contribution is -2.53. The van der Waals surface area contributed by atoms with Gasteiger partial charge in [0.25, 0.3) is 5.91 Å². The summed E-state index contributed by atoms with van der Waals surface area (Å²) in [5.74, 6) is 0.0187. The van der Waals surface area contributed by atoms with Crippen molar-refractivity contribution in [1.82, 2.24) is 20.0 Å². The summed E-state index contributed by atoms with van der Waals surface area (Å²) in [6, 6.07) is 2.16. The fourth-order valence-electron chi connectivity index (χ4n) is 3.63. The van der Waals surface area contributed by atoms with E-state index >= 15 is 0 Å². The van der Waals surface area contributed by atoms with Crippen LogP contribution < -0.4 is 0 Å². The number of carbonyl (C=O) groups excluding carboxylic acids is 1. The second kappa shape index (κ2) is 6.79. The number of aromatic amines is 1. The van der Waals surface area contributed by atoms with Gasteiger partial charge in [-0.15, -0.1) is 0 Å². The topological polar surface area (TPSA) is 72.5 Å². The Morgan fingerprint density at radius 1 is 1.36 bits per heavy atom. The van der Waals surface area contributed by atoms with Crippen molar-refractivity contribution in [2.75, 3.05) is 26.2 Å². The maximum absolute atomic E-state index is 12.5. The van der Waals surface area contributed by atoms with Crippen molar-refractivity contribution in [3.05, 3.63) is 17.5 Å². The van der Waals surface area contributed by atoms with Crippen molar-refractivity contribution < 1.29 is 9.90 Å². The van der Waals surface area contributed by atoms with Crippen LogP contribution in [-0.4, -0.2) is 69.3 Å². The Morgan fingerprint density at radius 3 is 2.77 bits per heavy atom. The third-order valence-electron chi connectivity index (χ3n) is 4.88. The van der Waals surface area contributed by atoms with Crippen molar-refractivity contribution in [3.8, 4) is 0 Å². The summed E-state index contributed by atoms with van der Waals surface area (Å²) in [7, 11) is 0. The number of hydrogen-bond acceptors (Lipinski definition) is 4. The molecule has 2 N–H and O–H groups in total. The zero-order valence-corrected chi connectivity index (χ0v) is 13.3. The van der Waals surface area contributed by atoms with E-state index in [1.165, 1.54) is 0 Å². The smallest absolute Gasteiger partial charge is 0.274 e. The molecule has 3 rings (SSSR count). The molecule has 1 amide bonds. The minimum absolute atomic E-state index is 0.0187. The molecule has 2 heterocycles. The molecule has 2 atom stereocenters. The van der Waals surface area contributed by atoms with Crippen LogP contribution in [0.5, 0.6) is 0 Å². The van der Waals surface area contributed by atoms with Gasteiger partial charge in [0.15, 0.2) is 0 Å². The summed E-state index contributed by atoms with van der Waals surface area (Å²) in [5, 5.41) is 17.1. The van der Waals surface area contributed by atoms with E-state index in [0.717, 1.165) is 64.0 Å². The third-order valence-corrected chi connectivity index (χ3v) is 4.88. The molecule has 0 spiro atoms. The number of carbonyl (C=O) groups is 1. The summed E-state index contributed by atoms with van der Waals surface area (Å²) in [6.45, 7) is 5.24. The van der Waals surface area contributed by atoms with Crippen LogP contribution in [-0.2, 0) is 6.42 Å². The van der Waals surface area contributed by atoms with E-state index < -0.39 is 0 Å².